The Labute approximate surface area is 86.4 Å². The van der Waals surface area contributed by atoms with Gasteiger partial charge in [0, 0.05) is 0 Å². The zero-order valence-corrected chi connectivity index (χ0v) is 9.52. The van der Waals surface area contributed by atoms with Crippen molar-refractivity contribution in [2.24, 2.45) is 11.1 Å². The number of nitrogens with one attached hydrogen (secondary N) is 1. The summed E-state index contributed by atoms with van der Waals surface area (Å²) in [6.07, 6.45) is 3.90. The molecule has 3 N–H and O–H groups in total. The molecule has 0 unspecified atom stereocenters. The van der Waals surface area contributed by atoms with Gasteiger partial charge in [-0.15, -0.1) is 0 Å². The maximum atomic E-state index is 11.4. The van der Waals surface area contributed by atoms with E-state index in [2.05, 4.69) is 19.2 Å². The molecule has 3 nitrogen and oxygen atoms in total. The maximum Gasteiger partial charge on any atom is 0.237 e. The fourth-order valence-corrected chi connectivity index (χ4v) is 2.20. The smallest absolute Gasteiger partial charge is 0.237 e. The molecule has 1 fully saturated rings. The van der Waals surface area contributed by atoms with Crippen LogP contribution in [0.4, 0.5) is 0 Å². The molecule has 0 spiro atoms. The van der Waals surface area contributed by atoms with E-state index in [1.807, 2.05) is 6.92 Å². The lowest BCUT2D eigenvalue weighted by atomic mass is 9.69. The van der Waals surface area contributed by atoms with E-state index < -0.39 is 5.54 Å². The fraction of sp³-hybridized carbons (Fsp3) is 0.909. The van der Waals surface area contributed by atoms with Crippen LogP contribution in [0.5, 0.6) is 0 Å². The topological polar surface area (TPSA) is 55.1 Å². The van der Waals surface area contributed by atoms with Gasteiger partial charge in [-0.05, 0) is 37.6 Å². The van der Waals surface area contributed by atoms with Crippen molar-refractivity contribution in [2.45, 2.75) is 52.0 Å². The van der Waals surface area contributed by atoms with Gasteiger partial charge < -0.3 is 11.1 Å². The quantitative estimate of drug-likeness (QED) is 0.720. The van der Waals surface area contributed by atoms with Gasteiger partial charge >= 0.3 is 0 Å². The highest BCUT2D eigenvalue weighted by molar-refractivity contribution is 5.84. The van der Waals surface area contributed by atoms with E-state index in [9.17, 15) is 4.79 Å². The van der Waals surface area contributed by atoms with Crippen LogP contribution in [-0.4, -0.2) is 18.0 Å². The van der Waals surface area contributed by atoms with Crippen LogP contribution in [0, 0.1) is 5.41 Å². The van der Waals surface area contributed by atoms with Crippen LogP contribution in [0.1, 0.15) is 46.5 Å². The number of rotatable bonds is 3. The van der Waals surface area contributed by atoms with Gasteiger partial charge in [0.25, 0.3) is 0 Å². The number of likely N-dealkylation sites (N-methyl/N-ethyl adjacent to an activating group) is 1. The molecule has 1 aliphatic rings. The van der Waals surface area contributed by atoms with Gasteiger partial charge in [0.1, 0.15) is 0 Å². The third kappa shape index (κ3) is 2.27. The Bertz CT molecular complexity index is 213. The second kappa shape index (κ2) is 3.89. The van der Waals surface area contributed by atoms with Crippen LogP contribution < -0.4 is 11.1 Å². The minimum atomic E-state index is -0.426. The first-order valence-electron chi connectivity index (χ1n) is 5.47. The lowest BCUT2D eigenvalue weighted by Crippen LogP contribution is -2.57. The first-order valence-corrected chi connectivity index (χ1v) is 5.47. The van der Waals surface area contributed by atoms with E-state index in [4.69, 9.17) is 5.73 Å². The van der Waals surface area contributed by atoms with E-state index in [1.54, 1.807) is 0 Å². The first kappa shape index (κ1) is 11.5. The predicted octanol–water partition coefficient (Wildman–Crippen LogP) is 1.42. The second-order valence-electron chi connectivity index (χ2n) is 5.14. The van der Waals surface area contributed by atoms with Gasteiger partial charge in [0.05, 0.1) is 5.54 Å². The molecule has 1 rings (SSSR count). The molecule has 1 amide bonds. The summed E-state index contributed by atoms with van der Waals surface area (Å²) in [4.78, 5) is 11.4. The second-order valence-corrected chi connectivity index (χ2v) is 5.14. The van der Waals surface area contributed by atoms with Crippen molar-refractivity contribution < 1.29 is 4.79 Å². The van der Waals surface area contributed by atoms with E-state index in [1.165, 1.54) is 0 Å². The molecule has 0 atom stereocenters. The largest absolute Gasteiger partial charge is 0.368 e. The van der Waals surface area contributed by atoms with Gasteiger partial charge in [0.2, 0.25) is 5.91 Å². The third-order valence-electron chi connectivity index (χ3n) is 3.44. The number of carbonyl (C=O) groups excluding carboxylic acids is 1. The summed E-state index contributed by atoms with van der Waals surface area (Å²) < 4.78 is 0. The molecule has 0 radical (unpaired) electrons. The van der Waals surface area contributed by atoms with Crippen LogP contribution in [0.2, 0.25) is 0 Å². The predicted molar refractivity (Wildman–Crippen MR) is 57.9 cm³/mol. The van der Waals surface area contributed by atoms with E-state index in [0.717, 1.165) is 32.2 Å². The molecule has 14 heavy (non-hydrogen) atoms. The Morgan fingerprint density at radius 2 is 1.79 bits per heavy atom. The zero-order chi connectivity index (χ0) is 10.8. The van der Waals surface area contributed by atoms with Crippen molar-refractivity contribution in [1.29, 1.82) is 0 Å². The van der Waals surface area contributed by atoms with Crippen molar-refractivity contribution in [1.82, 2.24) is 5.32 Å². The molecule has 0 aromatic carbocycles. The van der Waals surface area contributed by atoms with E-state index in [-0.39, 0.29) is 5.91 Å². The number of carbonyl (C=O) groups is 1. The molecular formula is C11H22N2O. The summed E-state index contributed by atoms with van der Waals surface area (Å²) in [6.45, 7) is 7.33. The first-order chi connectivity index (χ1) is 6.42. The number of hydrogen-bond donors (Lipinski definition) is 2. The Morgan fingerprint density at radius 3 is 2.14 bits per heavy atom. The van der Waals surface area contributed by atoms with Crippen LogP contribution in [-0.2, 0) is 4.79 Å². The molecular weight excluding hydrogens is 176 g/mol. The van der Waals surface area contributed by atoms with Gasteiger partial charge in [-0.25, -0.2) is 0 Å². The fourth-order valence-electron chi connectivity index (χ4n) is 2.20. The molecule has 0 aromatic rings. The van der Waals surface area contributed by atoms with Crippen molar-refractivity contribution >= 4 is 5.91 Å². The number of primary amides is 1. The highest BCUT2D eigenvalue weighted by Crippen LogP contribution is 2.39. The summed E-state index contributed by atoms with van der Waals surface area (Å²) in [5, 5.41) is 3.26. The Kier molecular flexibility index (Phi) is 3.20. The van der Waals surface area contributed by atoms with Crippen LogP contribution in [0.15, 0.2) is 0 Å². The summed E-state index contributed by atoms with van der Waals surface area (Å²) in [5.74, 6) is -0.185. The summed E-state index contributed by atoms with van der Waals surface area (Å²) >= 11 is 0. The minimum absolute atomic E-state index is 0.185. The highest BCUT2D eigenvalue weighted by atomic mass is 16.1. The number of nitrogens with two attached hydrogens (primary N) is 1. The molecule has 1 saturated carbocycles. The van der Waals surface area contributed by atoms with Crippen LogP contribution in [0.3, 0.4) is 0 Å². The Balaban J connectivity index is 2.69. The molecule has 0 aliphatic heterocycles. The van der Waals surface area contributed by atoms with E-state index in [0.29, 0.717) is 5.41 Å². The lowest BCUT2D eigenvalue weighted by molar-refractivity contribution is -0.126. The van der Waals surface area contributed by atoms with Crippen molar-refractivity contribution in [3.05, 3.63) is 0 Å². The Morgan fingerprint density at radius 1 is 1.29 bits per heavy atom. The van der Waals surface area contributed by atoms with E-state index >= 15 is 0 Å². The summed E-state index contributed by atoms with van der Waals surface area (Å²) in [5.41, 5.74) is 5.42. The Hall–Kier alpha value is -0.570. The highest BCUT2D eigenvalue weighted by Gasteiger charge is 2.41. The zero-order valence-electron chi connectivity index (χ0n) is 9.52. The SMILES string of the molecule is CCNC1(C(N)=O)CCC(C)(C)CC1. The molecule has 0 saturated heterocycles. The standard InChI is InChI=1S/C11H22N2O/c1-4-13-11(9(12)14)7-5-10(2,3)6-8-11/h13H,4-8H2,1-3H3,(H2,12,14). The van der Waals surface area contributed by atoms with Gasteiger partial charge in [0.15, 0.2) is 0 Å². The average molecular weight is 198 g/mol. The normalized spacial score (nSPS) is 24.5. The van der Waals surface area contributed by atoms with Gasteiger partial charge in [-0.2, -0.15) is 0 Å². The molecule has 0 bridgehead atoms. The number of amides is 1. The van der Waals surface area contributed by atoms with Crippen molar-refractivity contribution in [3.8, 4) is 0 Å². The van der Waals surface area contributed by atoms with Crippen LogP contribution >= 0.6 is 0 Å². The molecule has 0 heterocycles. The lowest BCUT2D eigenvalue weighted by Gasteiger charge is -2.42. The monoisotopic (exact) mass is 198 g/mol. The maximum absolute atomic E-state index is 11.4. The summed E-state index contributed by atoms with van der Waals surface area (Å²) in [6, 6.07) is 0. The third-order valence-corrected chi connectivity index (χ3v) is 3.44. The van der Waals surface area contributed by atoms with Gasteiger partial charge in [-0.1, -0.05) is 20.8 Å². The molecule has 82 valence electrons. The molecule has 3 heteroatoms. The average Bonchev–Trinajstić information content (AvgIpc) is 2.09. The molecule has 0 aromatic heterocycles. The number of hydrogen-bond acceptors (Lipinski definition) is 2. The minimum Gasteiger partial charge on any atom is -0.368 e. The van der Waals surface area contributed by atoms with Crippen molar-refractivity contribution in [2.75, 3.05) is 6.54 Å². The molecule has 1 aliphatic carbocycles. The van der Waals surface area contributed by atoms with Gasteiger partial charge in [-0.3, -0.25) is 4.79 Å². The van der Waals surface area contributed by atoms with Crippen molar-refractivity contribution in [3.63, 3.8) is 0 Å². The summed E-state index contributed by atoms with van der Waals surface area (Å²) in [7, 11) is 0. The van der Waals surface area contributed by atoms with Crippen LogP contribution in [0.25, 0.3) is 0 Å².